The molecule has 2 aromatic rings. The highest BCUT2D eigenvalue weighted by Crippen LogP contribution is 2.31. The molecule has 12 heteroatoms. The van der Waals surface area contributed by atoms with Gasteiger partial charge in [0.1, 0.15) is 0 Å². The van der Waals surface area contributed by atoms with E-state index in [1.54, 1.807) is 23.6 Å². The van der Waals surface area contributed by atoms with Crippen LogP contribution in [0, 0.1) is 0 Å². The van der Waals surface area contributed by atoms with Crippen molar-refractivity contribution in [2.24, 2.45) is 0 Å². The van der Waals surface area contributed by atoms with Gasteiger partial charge in [-0.3, -0.25) is 4.57 Å². The third kappa shape index (κ3) is 5.36. The highest BCUT2D eigenvalue weighted by molar-refractivity contribution is 7.88. The molecule has 166 valence electrons. The van der Waals surface area contributed by atoms with Gasteiger partial charge in [-0.1, -0.05) is 6.07 Å². The summed E-state index contributed by atoms with van der Waals surface area (Å²) in [6, 6.07) is 4.12. The molecule has 0 spiro atoms. The van der Waals surface area contributed by atoms with Gasteiger partial charge in [0.25, 0.3) is 0 Å². The molecule has 0 radical (unpaired) electrons. The number of hydrogen-bond donors (Lipinski definition) is 1. The number of methoxy groups -OCH3 is 1. The molecule has 0 aliphatic carbocycles. The van der Waals surface area contributed by atoms with Crippen molar-refractivity contribution >= 4 is 16.0 Å². The maximum Gasteiger partial charge on any atom is 0.387 e. The van der Waals surface area contributed by atoms with Gasteiger partial charge in [0.05, 0.1) is 26.0 Å². The van der Waals surface area contributed by atoms with Gasteiger partial charge >= 0.3 is 6.61 Å². The van der Waals surface area contributed by atoms with E-state index >= 15 is 0 Å². The Morgan fingerprint density at radius 3 is 2.50 bits per heavy atom. The number of nitrogens with zero attached hydrogens (tertiary/aromatic N) is 4. The van der Waals surface area contributed by atoms with Crippen LogP contribution >= 0.6 is 0 Å². The lowest BCUT2D eigenvalue weighted by molar-refractivity contribution is -0.0512. The number of aromatic nitrogens is 3. The summed E-state index contributed by atoms with van der Waals surface area (Å²) in [6.45, 7) is 0.559. The third-order valence-electron chi connectivity index (χ3n) is 4.71. The molecule has 2 heterocycles. The van der Waals surface area contributed by atoms with Crippen LogP contribution in [0.3, 0.4) is 0 Å². The Labute approximate surface area is 174 Å². The largest absolute Gasteiger partial charge is 0.493 e. The lowest BCUT2D eigenvalue weighted by atomic mass is 10.2. The van der Waals surface area contributed by atoms with Crippen LogP contribution in [0.5, 0.6) is 11.5 Å². The molecule has 3 rings (SSSR count). The molecule has 1 aliphatic rings. The second kappa shape index (κ2) is 9.13. The summed E-state index contributed by atoms with van der Waals surface area (Å²) in [7, 11) is -2.09. The first-order valence-electron chi connectivity index (χ1n) is 9.45. The zero-order chi connectivity index (χ0) is 21.9. The van der Waals surface area contributed by atoms with Gasteiger partial charge in [-0.05, 0) is 37.5 Å². The van der Waals surface area contributed by atoms with Crippen LogP contribution in [0.2, 0.25) is 0 Å². The number of halogens is 2. The van der Waals surface area contributed by atoms with Crippen LogP contribution in [0.25, 0.3) is 0 Å². The van der Waals surface area contributed by atoms with E-state index in [0.717, 1.165) is 32.2 Å². The van der Waals surface area contributed by atoms with Crippen LogP contribution in [-0.2, 0) is 16.6 Å². The molecule has 0 bridgehead atoms. The van der Waals surface area contributed by atoms with Crippen LogP contribution in [-0.4, -0.2) is 56.2 Å². The van der Waals surface area contributed by atoms with Crippen molar-refractivity contribution in [1.82, 2.24) is 19.5 Å². The van der Waals surface area contributed by atoms with Crippen LogP contribution in [0.1, 0.15) is 37.2 Å². The first-order chi connectivity index (χ1) is 14.2. The zero-order valence-electron chi connectivity index (χ0n) is 17.0. The zero-order valence-corrected chi connectivity index (χ0v) is 17.8. The fourth-order valence-electron chi connectivity index (χ4n) is 3.49. The highest BCUT2D eigenvalue weighted by atomic mass is 32.2. The molecule has 1 fully saturated rings. The fourth-order valence-corrected chi connectivity index (χ4v) is 4.24. The quantitative estimate of drug-likeness (QED) is 0.631. The van der Waals surface area contributed by atoms with Crippen molar-refractivity contribution in [3.8, 4) is 11.5 Å². The Kier molecular flexibility index (Phi) is 6.76. The van der Waals surface area contributed by atoms with E-state index in [1.165, 1.54) is 13.2 Å². The number of alkyl halides is 2. The second-order valence-electron chi connectivity index (χ2n) is 7.11. The minimum atomic E-state index is -3.46. The predicted octanol–water partition coefficient (Wildman–Crippen LogP) is 2.15. The molecule has 1 aromatic carbocycles. The Hall–Kier alpha value is -2.47. The Balaban J connectivity index is 1.97. The van der Waals surface area contributed by atoms with Crippen LogP contribution in [0.4, 0.5) is 14.7 Å². The smallest absolute Gasteiger partial charge is 0.387 e. The SMILES string of the molecule is COc1ccc(Cn2c(C(C)NS(C)(=O)=O)nnc2N2CCCC2)cc1OC(F)F. The number of nitrogens with one attached hydrogen (secondary N) is 1. The first-order valence-corrected chi connectivity index (χ1v) is 11.3. The lowest BCUT2D eigenvalue weighted by Gasteiger charge is -2.21. The van der Waals surface area contributed by atoms with Crippen molar-refractivity contribution < 1.29 is 26.7 Å². The molecule has 9 nitrogen and oxygen atoms in total. The van der Waals surface area contributed by atoms with E-state index in [0.29, 0.717) is 17.3 Å². The van der Waals surface area contributed by atoms with Gasteiger partial charge in [-0.25, -0.2) is 13.1 Å². The van der Waals surface area contributed by atoms with Gasteiger partial charge in [0, 0.05) is 13.1 Å². The van der Waals surface area contributed by atoms with E-state index in [-0.39, 0.29) is 18.0 Å². The number of sulfonamides is 1. The fraction of sp³-hybridized carbons (Fsp3) is 0.556. The van der Waals surface area contributed by atoms with E-state index in [9.17, 15) is 17.2 Å². The maximum absolute atomic E-state index is 12.8. The van der Waals surface area contributed by atoms with Crippen molar-refractivity contribution in [3.05, 3.63) is 29.6 Å². The molecule has 1 saturated heterocycles. The summed E-state index contributed by atoms with van der Waals surface area (Å²) in [4.78, 5) is 2.07. The van der Waals surface area contributed by atoms with E-state index < -0.39 is 22.7 Å². The normalized spacial score (nSPS) is 15.6. The molecule has 0 saturated carbocycles. The van der Waals surface area contributed by atoms with Crippen molar-refractivity contribution in [1.29, 1.82) is 0 Å². The monoisotopic (exact) mass is 445 g/mol. The van der Waals surface area contributed by atoms with E-state index in [2.05, 4.69) is 24.6 Å². The predicted molar refractivity (Wildman–Crippen MR) is 107 cm³/mol. The summed E-state index contributed by atoms with van der Waals surface area (Å²) < 4.78 is 62.9. The first kappa shape index (κ1) is 22.2. The number of rotatable bonds is 9. The number of benzene rings is 1. The molecule has 30 heavy (non-hydrogen) atoms. The van der Waals surface area contributed by atoms with E-state index in [4.69, 9.17) is 4.74 Å². The van der Waals surface area contributed by atoms with Crippen molar-refractivity contribution in [2.75, 3.05) is 31.4 Å². The average molecular weight is 445 g/mol. The average Bonchev–Trinajstić information content (AvgIpc) is 3.29. The molecule has 0 amide bonds. The summed E-state index contributed by atoms with van der Waals surface area (Å²) in [5.41, 5.74) is 0.652. The topological polar surface area (TPSA) is 98.6 Å². The Morgan fingerprint density at radius 2 is 1.90 bits per heavy atom. The molecular weight excluding hydrogens is 420 g/mol. The van der Waals surface area contributed by atoms with Gasteiger partial charge < -0.3 is 14.4 Å². The van der Waals surface area contributed by atoms with Crippen LogP contribution in [0.15, 0.2) is 18.2 Å². The van der Waals surface area contributed by atoms with Gasteiger partial charge in [0.15, 0.2) is 17.3 Å². The molecular formula is C18H25F2N5O4S. The van der Waals surface area contributed by atoms with E-state index in [1.807, 2.05) is 0 Å². The maximum atomic E-state index is 12.8. The standard InChI is InChI=1S/C18H25F2N5O4S/c1-12(23-30(3,26)27)16-21-22-18(24-8-4-5-9-24)25(16)11-13-6-7-14(28-2)15(10-13)29-17(19)20/h6-7,10,12,17,23H,4-5,8-9,11H2,1-3H3. The molecule has 1 aromatic heterocycles. The minimum Gasteiger partial charge on any atom is -0.493 e. The number of anilines is 1. The summed E-state index contributed by atoms with van der Waals surface area (Å²) in [5, 5.41) is 8.49. The molecule has 1 unspecified atom stereocenters. The van der Waals surface area contributed by atoms with Crippen LogP contribution < -0.4 is 19.1 Å². The van der Waals surface area contributed by atoms with Gasteiger partial charge in [-0.15, -0.1) is 10.2 Å². The Bertz CT molecular complexity index is 977. The second-order valence-corrected chi connectivity index (χ2v) is 8.89. The van der Waals surface area contributed by atoms with Crippen molar-refractivity contribution in [3.63, 3.8) is 0 Å². The summed E-state index contributed by atoms with van der Waals surface area (Å²) in [6.07, 6.45) is 3.12. The molecule has 1 atom stereocenters. The highest BCUT2D eigenvalue weighted by Gasteiger charge is 2.25. The Morgan fingerprint density at radius 1 is 1.20 bits per heavy atom. The minimum absolute atomic E-state index is 0.0790. The lowest BCUT2D eigenvalue weighted by Crippen LogP contribution is -2.29. The van der Waals surface area contributed by atoms with Gasteiger partial charge in [-0.2, -0.15) is 8.78 Å². The number of ether oxygens (including phenoxy) is 2. The summed E-state index contributed by atoms with van der Waals surface area (Å²) in [5.74, 6) is 1.14. The molecule has 1 N–H and O–H groups in total. The molecule has 1 aliphatic heterocycles. The van der Waals surface area contributed by atoms with Gasteiger partial charge in [0.2, 0.25) is 16.0 Å². The number of hydrogen-bond acceptors (Lipinski definition) is 7. The van der Waals surface area contributed by atoms with Crippen molar-refractivity contribution in [2.45, 2.75) is 39.0 Å². The summed E-state index contributed by atoms with van der Waals surface area (Å²) >= 11 is 0. The third-order valence-corrected chi connectivity index (χ3v) is 5.49.